The van der Waals surface area contributed by atoms with Gasteiger partial charge in [0.05, 0.1) is 13.2 Å². The number of aliphatic imine (C=N–C) groups is 1. The number of amides is 1. The van der Waals surface area contributed by atoms with Gasteiger partial charge in [-0.15, -0.1) is 0 Å². The first-order chi connectivity index (χ1) is 22.4. The molecule has 0 saturated heterocycles. The third kappa shape index (κ3) is 7.91. The summed E-state index contributed by atoms with van der Waals surface area (Å²) in [5, 5.41) is 12.8. The second kappa shape index (κ2) is 15.5. The van der Waals surface area contributed by atoms with Gasteiger partial charge in [-0.05, 0) is 76.3 Å². The van der Waals surface area contributed by atoms with E-state index in [1.54, 1.807) is 24.3 Å². The summed E-state index contributed by atoms with van der Waals surface area (Å²) in [7, 11) is 0. The van der Waals surface area contributed by atoms with Crippen molar-refractivity contribution in [2.45, 2.75) is 37.6 Å². The first-order valence-electron chi connectivity index (χ1n) is 14.6. The van der Waals surface area contributed by atoms with Gasteiger partial charge in [0.1, 0.15) is 11.6 Å². The Kier molecular flexibility index (Phi) is 11.0. The van der Waals surface area contributed by atoms with E-state index < -0.39 is 17.6 Å². The highest BCUT2D eigenvalue weighted by Gasteiger charge is 2.53. The molecule has 1 aliphatic rings. The highest BCUT2D eigenvalue weighted by atomic mass is 79.9. The van der Waals surface area contributed by atoms with E-state index >= 15 is 0 Å². The molecule has 1 amide bonds. The van der Waals surface area contributed by atoms with Crippen molar-refractivity contribution in [3.63, 3.8) is 0 Å². The van der Waals surface area contributed by atoms with Gasteiger partial charge in [0.25, 0.3) is 5.91 Å². The Bertz CT molecular complexity index is 1710. The van der Waals surface area contributed by atoms with Gasteiger partial charge in [-0.1, -0.05) is 69.6 Å². The molecule has 1 heterocycles. The molecule has 0 radical (unpaired) electrons. The van der Waals surface area contributed by atoms with E-state index in [-0.39, 0.29) is 37.8 Å². The van der Waals surface area contributed by atoms with Crippen molar-refractivity contribution in [2.24, 2.45) is 10.1 Å². The number of carbonyl (C=O) groups is 1. The van der Waals surface area contributed by atoms with E-state index in [9.17, 15) is 9.18 Å². The average molecular weight is 688 g/mol. The number of hydrogen-bond acceptors (Lipinski definition) is 7. The molecule has 236 valence electrons. The van der Waals surface area contributed by atoms with Crippen molar-refractivity contribution >= 4 is 27.7 Å². The van der Waals surface area contributed by atoms with E-state index in [2.05, 4.69) is 36.8 Å². The Balaban J connectivity index is 1.55. The number of hydrogen-bond donors (Lipinski definition) is 3. The molecule has 0 unspecified atom stereocenters. The van der Waals surface area contributed by atoms with Crippen LogP contribution in [0.5, 0.6) is 5.75 Å². The van der Waals surface area contributed by atoms with Crippen LogP contribution in [0.25, 0.3) is 10.4 Å². The zero-order valence-corrected chi connectivity index (χ0v) is 26.4. The molecule has 0 aliphatic carbocycles. The molecule has 4 aromatic rings. The van der Waals surface area contributed by atoms with Crippen LogP contribution in [0.15, 0.2) is 112 Å². The van der Waals surface area contributed by atoms with Crippen LogP contribution in [0, 0.1) is 5.82 Å². The summed E-state index contributed by atoms with van der Waals surface area (Å²) in [5.41, 5.74) is 17.0. The number of nitrogens with zero attached hydrogens (tertiary/aromatic N) is 4. The fourth-order valence-corrected chi connectivity index (χ4v) is 5.40. The lowest BCUT2D eigenvalue weighted by Gasteiger charge is -2.31. The Hall–Kier alpha value is -4.74. The number of benzene rings is 4. The van der Waals surface area contributed by atoms with Crippen molar-refractivity contribution in [3.8, 4) is 5.75 Å². The van der Waals surface area contributed by atoms with Crippen molar-refractivity contribution in [1.29, 1.82) is 0 Å². The Labute approximate surface area is 274 Å². The van der Waals surface area contributed by atoms with Crippen molar-refractivity contribution < 1.29 is 23.8 Å². The summed E-state index contributed by atoms with van der Waals surface area (Å²) < 4.78 is 26.6. The maximum Gasteiger partial charge on any atom is 0.266 e. The number of rotatable bonds is 14. The van der Waals surface area contributed by atoms with E-state index in [1.807, 2.05) is 60.7 Å². The van der Waals surface area contributed by atoms with E-state index in [4.69, 9.17) is 25.1 Å². The Morgan fingerprint density at radius 3 is 2.46 bits per heavy atom. The minimum Gasteiger partial charge on any atom is -0.494 e. The van der Waals surface area contributed by atoms with Crippen LogP contribution in [0.1, 0.15) is 40.3 Å². The fraction of sp³-hybridized carbons (Fsp3) is 0.235. The summed E-state index contributed by atoms with van der Waals surface area (Å²) in [6, 6.07) is 28.1. The summed E-state index contributed by atoms with van der Waals surface area (Å²) in [6.07, 6.45) is -0.197. The average Bonchev–Trinajstić information content (AvgIpc) is 3.46. The minimum atomic E-state index is -1.50. The van der Waals surface area contributed by atoms with E-state index in [0.717, 1.165) is 26.7 Å². The van der Waals surface area contributed by atoms with Gasteiger partial charge in [-0.3, -0.25) is 10.2 Å². The van der Waals surface area contributed by atoms with Crippen molar-refractivity contribution in [2.75, 3.05) is 13.2 Å². The molecular weight excluding hydrogens is 655 g/mol. The lowest BCUT2D eigenvalue weighted by atomic mass is 9.81. The number of halogens is 2. The molecule has 0 saturated carbocycles. The first-order valence-corrected chi connectivity index (χ1v) is 15.4. The molecule has 10 nitrogen and oxygen atoms in total. The van der Waals surface area contributed by atoms with Gasteiger partial charge < -0.3 is 14.6 Å². The zero-order valence-electron chi connectivity index (χ0n) is 24.8. The third-order valence-electron chi connectivity index (χ3n) is 7.49. The quantitative estimate of drug-likeness (QED) is 0.0458. The summed E-state index contributed by atoms with van der Waals surface area (Å²) in [6.45, 7) is 0.760. The summed E-state index contributed by atoms with van der Waals surface area (Å²) in [4.78, 5) is 22.4. The molecule has 1 aliphatic heterocycles. The highest BCUT2D eigenvalue weighted by Crippen LogP contribution is 2.43. The fourth-order valence-electron chi connectivity index (χ4n) is 5.14. The molecule has 2 atom stereocenters. The normalized spacial score (nSPS) is 17.0. The SMILES string of the molecule is [N-]=[N+]=NCc1ccccc1C[C@]1(C(=O)NNCc2ccc(F)cc2)N=C(c2ccc(OCCCO)cc2)O[C@H]1c1ccc(Br)cc1. The molecule has 12 heteroatoms. The van der Waals surface area contributed by atoms with Crippen LogP contribution in [-0.4, -0.2) is 35.7 Å². The van der Waals surface area contributed by atoms with Crippen LogP contribution < -0.4 is 15.6 Å². The van der Waals surface area contributed by atoms with Gasteiger partial charge in [0.2, 0.25) is 5.90 Å². The summed E-state index contributed by atoms with van der Waals surface area (Å²) >= 11 is 3.49. The van der Waals surface area contributed by atoms with Crippen molar-refractivity contribution in [1.82, 2.24) is 10.9 Å². The number of aliphatic hydroxyl groups is 1. The van der Waals surface area contributed by atoms with E-state index in [0.29, 0.717) is 24.3 Å². The predicted molar refractivity (Wildman–Crippen MR) is 175 cm³/mol. The smallest absolute Gasteiger partial charge is 0.266 e. The Morgan fingerprint density at radius 2 is 1.76 bits per heavy atom. The molecule has 0 spiro atoms. The zero-order chi connectivity index (χ0) is 32.4. The second-order valence-electron chi connectivity index (χ2n) is 10.6. The molecule has 4 aromatic carbocycles. The number of carbonyl (C=O) groups excluding carboxylic acids is 1. The number of hydrazine groups is 1. The van der Waals surface area contributed by atoms with Gasteiger partial charge in [0, 0.05) is 40.9 Å². The molecule has 0 bridgehead atoms. The van der Waals surface area contributed by atoms with Crippen molar-refractivity contribution in [3.05, 3.63) is 146 Å². The first kappa shape index (κ1) is 32.6. The summed E-state index contributed by atoms with van der Waals surface area (Å²) in [5.74, 6) is 0.107. The monoisotopic (exact) mass is 686 g/mol. The van der Waals surface area contributed by atoms with Gasteiger partial charge in [0.15, 0.2) is 11.6 Å². The molecular formula is C34H32BrFN6O4. The molecule has 0 aromatic heterocycles. The maximum absolute atomic E-state index is 14.4. The van der Waals surface area contributed by atoms with Crippen LogP contribution in [0.2, 0.25) is 0 Å². The van der Waals surface area contributed by atoms with Crippen LogP contribution in [0.3, 0.4) is 0 Å². The highest BCUT2D eigenvalue weighted by molar-refractivity contribution is 9.10. The molecule has 0 fully saturated rings. The van der Waals surface area contributed by atoms with Gasteiger partial charge in [-0.2, -0.15) is 0 Å². The van der Waals surface area contributed by atoms with Crippen LogP contribution >= 0.6 is 15.9 Å². The van der Waals surface area contributed by atoms with Crippen LogP contribution in [-0.2, 0) is 29.0 Å². The van der Waals surface area contributed by atoms with E-state index in [1.165, 1.54) is 12.1 Å². The minimum absolute atomic E-state index is 0.0368. The maximum atomic E-state index is 14.4. The second-order valence-corrected chi connectivity index (χ2v) is 11.5. The number of aliphatic hydroxyl groups excluding tert-OH is 1. The van der Waals surface area contributed by atoms with Crippen LogP contribution in [0.4, 0.5) is 4.39 Å². The standard InChI is InChI=1S/C34H32BrFN6O4/c35-28-12-8-24(9-13-28)31-34(20-26-4-1-2-5-27(26)22-39-42-37,33(44)41-38-21-23-6-14-29(36)15-7-23)40-32(46-31)25-10-16-30(17-11-25)45-19-3-18-43/h1-2,4-17,31,38,43H,3,18-22H2,(H,41,44)/t31-,34-/m0/s1. The van der Waals surface area contributed by atoms with Gasteiger partial charge in [-0.25, -0.2) is 14.8 Å². The third-order valence-corrected chi connectivity index (χ3v) is 8.02. The number of nitrogens with one attached hydrogen (secondary N) is 2. The number of azide groups is 1. The largest absolute Gasteiger partial charge is 0.494 e. The Morgan fingerprint density at radius 1 is 1.04 bits per heavy atom. The predicted octanol–water partition coefficient (Wildman–Crippen LogP) is 6.48. The number of ether oxygens (including phenoxy) is 2. The topological polar surface area (TPSA) is 141 Å². The molecule has 5 rings (SSSR count). The lowest BCUT2D eigenvalue weighted by molar-refractivity contribution is -0.130. The molecule has 3 N–H and O–H groups in total. The lowest BCUT2D eigenvalue weighted by Crippen LogP contribution is -2.53. The molecule has 46 heavy (non-hydrogen) atoms. The van der Waals surface area contributed by atoms with Gasteiger partial charge >= 0.3 is 0 Å².